The van der Waals surface area contributed by atoms with Gasteiger partial charge in [-0.3, -0.25) is 4.98 Å². The van der Waals surface area contributed by atoms with Crippen molar-refractivity contribution in [2.45, 2.75) is 19.9 Å². The smallest absolute Gasteiger partial charge is 0.0705 e. The maximum absolute atomic E-state index is 4.46. The topological polar surface area (TPSA) is 24.9 Å². The Morgan fingerprint density at radius 1 is 1.25 bits per heavy atom. The molecule has 0 bridgehead atoms. The monoisotopic (exact) mass is 282 g/mol. The Bertz CT molecular complexity index is 718. The first-order valence-corrected chi connectivity index (χ1v) is 7.79. The molecular weight excluding hydrogens is 264 g/mol. The number of thiophene rings is 1. The van der Waals surface area contributed by atoms with Crippen molar-refractivity contribution in [2.24, 2.45) is 0 Å². The first-order chi connectivity index (χ1) is 9.79. The van der Waals surface area contributed by atoms with Gasteiger partial charge in [0.1, 0.15) is 0 Å². The number of aromatic nitrogens is 1. The van der Waals surface area contributed by atoms with E-state index >= 15 is 0 Å². The minimum atomic E-state index is 0.256. The summed E-state index contributed by atoms with van der Waals surface area (Å²) in [6.45, 7) is 5.27. The number of nitrogens with one attached hydrogen (secondary N) is 1. The number of pyridine rings is 1. The van der Waals surface area contributed by atoms with E-state index in [-0.39, 0.29) is 6.04 Å². The lowest BCUT2D eigenvalue weighted by Crippen LogP contribution is -2.21. The molecule has 1 N–H and O–H groups in total. The van der Waals surface area contributed by atoms with E-state index in [9.17, 15) is 0 Å². The Kier molecular flexibility index (Phi) is 3.81. The first kappa shape index (κ1) is 13.3. The molecule has 1 aromatic carbocycles. The van der Waals surface area contributed by atoms with Gasteiger partial charge in [0.2, 0.25) is 0 Å². The lowest BCUT2D eigenvalue weighted by molar-refractivity contribution is 0.638. The van der Waals surface area contributed by atoms with E-state index in [0.29, 0.717) is 0 Å². The van der Waals surface area contributed by atoms with Crippen LogP contribution in [0, 0.1) is 6.92 Å². The van der Waals surface area contributed by atoms with E-state index in [1.54, 1.807) is 0 Å². The minimum absolute atomic E-state index is 0.256. The number of nitrogens with zero attached hydrogens (tertiary/aromatic N) is 1. The van der Waals surface area contributed by atoms with Crippen LogP contribution < -0.4 is 5.32 Å². The predicted octanol–water partition coefficient (Wildman–Crippen LogP) is 4.30. The molecule has 0 aliphatic carbocycles. The molecule has 0 fully saturated rings. The summed E-state index contributed by atoms with van der Waals surface area (Å²) in [4.78, 5) is 5.85. The number of benzene rings is 1. The third-order valence-corrected chi connectivity index (χ3v) is 4.62. The molecular formula is C17H18N2S. The van der Waals surface area contributed by atoms with Crippen molar-refractivity contribution in [2.75, 3.05) is 6.54 Å². The fourth-order valence-electron chi connectivity index (χ4n) is 2.51. The van der Waals surface area contributed by atoms with E-state index in [4.69, 9.17) is 0 Å². The van der Waals surface area contributed by atoms with Gasteiger partial charge in [0.15, 0.2) is 0 Å². The van der Waals surface area contributed by atoms with Crippen molar-refractivity contribution in [3.05, 3.63) is 64.0 Å². The van der Waals surface area contributed by atoms with Crippen molar-refractivity contribution in [1.29, 1.82) is 0 Å². The second-order valence-electron chi connectivity index (χ2n) is 4.91. The summed E-state index contributed by atoms with van der Waals surface area (Å²) in [6, 6.07) is 13.1. The number of aryl methyl sites for hydroxylation is 1. The predicted molar refractivity (Wildman–Crippen MR) is 86.3 cm³/mol. The molecule has 0 aliphatic rings. The molecule has 1 unspecified atom stereocenters. The summed E-state index contributed by atoms with van der Waals surface area (Å²) in [7, 11) is 0. The van der Waals surface area contributed by atoms with Crippen LogP contribution in [0.1, 0.15) is 29.0 Å². The maximum atomic E-state index is 4.46. The summed E-state index contributed by atoms with van der Waals surface area (Å²) in [5, 5.41) is 6.94. The lowest BCUT2D eigenvalue weighted by Gasteiger charge is -2.18. The molecule has 3 heteroatoms. The highest BCUT2D eigenvalue weighted by Crippen LogP contribution is 2.30. The van der Waals surface area contributed by atoms with Crippen LogP contribution in [0.4, 0.5) is 0 Å². The van der Waals surface area contributed by atoms with Crippen LogP contribution in [0.3, 0.4) is 0 Å². The van der Waals surface area contributed by atoms with Gasteiger partial charge in [-0.15, -0.1) is 11.3 Å². The van der Waals surface area contributed by atoms with Crippen LogP contribution in [0.15, 0.2) is 48.0 Å². The molecule has 102 valence electrons. The van der Waals surface area contributed by atoms with Crippen molar-refractivity contribution in [3.63, 3.8) is 0 Å². The molecule has 20 heavy (non-hydrogen) atoms. The molecule has 2 aromatic heterocycles. The first-order valence-electron chi connectivity index (χ1n) is 6.91. The zero-order valence-electron chi connectivity index (χ0n) is 11.8. The van der Waals surface area contributed by atoms with Gasteiger partial charge in [-0.1, -0.05) is 25.1 Å². The molecule has 3 rings (SSSR count). The van der Waals surface area contributed by atoms with Crippen molar-refractivity contribution < 1.29 is 0 Å². The second-order valence-corrected chi connectivity index (χ2v) is 5.86. The average Bonchev–Trinajstić information content (AvgIpc) is 2.90. The van der Waals surface area contributed by atoms with Crippen molar-refractivity contribution >= 4 is 22.2 Å². The molecule has 2 heterocycles. The highest BCUT2D eigenvalue weighted by atomic mass is 32.1. The Labute approximate surface area is 123 Å². The van der Waals surface area contributed by atoms with Crippen molar-refractivity contribution in [3.8, 4) is 0 Å². The average molecular weight is 282 g/mol. The van der Waals surface area contributed by atoms with E-state index in [1.165, 1.54) is 21.4 Å². The van der Waals surface area contributed by atoms with Crippen LogP contribution >= 0.6 is 11.3 Å². The van der Waals surface area contributed by atoms with Gasteiger partial charge < -0.3 is 5.32 Å². The summed E-state index contributed by atoms with van der Waals surface area (Å²) in [5.74, 6) is 0. The van der Waals surface area contributed by atoms with Gasteiger partial charge in [0, 0.05) is 16.5 Å². The van der Waals surface area contributed by atoms with Crippen LogP contribution in [0.2, 0.25) is 0 Å². The second kappa shape index (κ2) is 5.73. The fourth-order valence-corrected chi connectivity index (χ4v) is 3.54. The summed E-state index contributed by atoms with van der Waals surface area (Å²) in [5.41, 5.74) is 3.69. The molecule has 1 atom stereocenters. The van der Waals surface area contributed by atoms with Crippen LogP contribution in [-0.2, 0) is 0 Å². The van der Waals surface area contributed by atoms with Crippen molar-refractivity contribution in [1.82, 2.24) is 10.3 Å². The molecule has 0 saturated heterocycles. The Balaban J connectivity index is 2.07. The van der Waals surface area contributed by atoms with E-state index in [2.05, 4.69) is 59.9 Å². The van der Waals surface area contributed by atoms with Crippen LogP contribution in [-0.4, -0.2) is 11.5 Å². The third-order valence-electron chi connectivity index (χ3n) is 3.54. The standard InChI is InChI=1S/C17H18N2S/c1-3-18-16(17-12(2)8-10-20-17)14-7-6-13-5-4-9-19-15(13)11-14/h4-11,16,18H,3H2,1-2H3. The molecule has 0 amide bonds. The fraction of sp³-hybridized carbons (Fsp3) is 0.235. The maximum Gasteiger partial charge on any atom is 0.0705 e. The molecule has 0 saturated carbocycles. The highest BCUT2D eigenvalue weighted by Gasteiger charge is 2.16. The molecule has 2 nitrogen and oxygen atoms in total. The van der Waals surface area contributed by atoms with Gasteiger partial charge >= 0.3 is 0 Å². The quantitative estimate of drug-likeness (QED) is 0.771. The van der Waals surface area contributed by atoms with Gasteiger partial charge in [-0.05, 0) is 48.2 Å². The van der Waals surface area contributed by atoms with Gasteiger partial charge in [-0.25, -0.2) is 0 Å². The largest absolute Gasteiger partial charge is 0.306 e. The van der Waals surface area contributed by atoms with E-state index in [0.717, 1.165) is 12.1 Å². The van der Waals surface area contributed by atoms with Crippen LogP contribution in [0.25, 0.3) is 10.9 Å². The number of rotatable bonds is 4. The highest BCUT2D eigenvalue weighted by molar-refractivity contribution is 7.10. The zero-order chi connectivity index (χ0) is 13.9. The summed E-state index contributed by atoms with van der Waals surface area (Å²) < 4.78 is 0. The Morgan fingerprint density at radius 2 is 2.15 bits per heavy atom. The summed E-state index contributed by atoms with van der Waals surface area (Å²) in [6.07, 6.45) is 1.85. The Hall–Kier alpha value is -1.71. The van der Waals surface area contributed by atoms with Gasteiger partial charge in [0.25, 0.3) is 0 Å². The SMILES string of the molecule is CCNC(c1ccc2cccnc2c1)c1sccc1C. The lowest BCUT2D eigenvalue weighted by atomic mass is 10.0. The molecule has 3 aromatic rings. The number of fused-ring (bicyclic) bond motifs is 1. The van der Waals surface area contributed by atoms with Crippen LogP contribution in [0.5, 0.6) is 0 Å². The van der Waals surface area contributed by atoms with E-state index < -0.39 is 0 Å². The Morgan fingerprint density at radius 3 is 2.90 bits per heavy atom. The third kappa shape index (κ3) is 2.47. The molecule has 0 aliphatic heterocycles. The number of hydrogen-bond donors (Lipinski definition) is 1. The number of hydrogen-bond acceptors (Lipinski definition) is 3. The molecule has 0 spiro atoms. The normalized spacial score (nSPS) is 12.7. The van der Waals surface area contributed by atoms with Gasteiger partial charge in [0.05, 0.1) is 11.6 Å². The van der Waals surface area contributed by atoms with Gasteiger partial charge in [-0.2, -0.15) is 0 Å². The van der Waals surface area contributed by atoms with E-state index in [1.807, 2.05) is 23.6 Å². The summed E-state index contributed by atoms with van der Waals surface area (Å²) >= 11 is 1.81. The minimum Gasteiger partial charge on any atom is -0.306 e. The molecule has 0 radical (unpaired) electrons. The zero-order valence-corrected chi connectivity index (χ0v) is 12.6.